The van der Waals surface area contributed by atoms with E-state index in [0.29, 0.717) is 6.61 Å². The van der Waals surface area contributed by atoms with Crippen LogP contribution in [0.1, 0.15) is 57.1 Å². The van der Waals surface area contributed by atoms with Gasteiger partial charge in [-0.3, -0.25) is 4.79 Å². The van der Waals surface area contributed by atoms with Crippen molar-refractivity contribution in [1.29, 1.82) is 0 Å². The highest BCUT2D eigenvalue weighted by Gasteiger charge is 2.04. The molecule has 3 rings (SSSR count). The summed E-state index contributed by atoms with van der Waals surface area (Å²) >= 11 is 0. The number of phenolic OH excluding ortho intramolecular Hbond substituents is 2. The van der Waals surface area contributed by atoms with Crippen LogP contribution < -0.4 is 4.74 Å². The summed E-state index contributed by atoms with van der Waals surface area (Å²) < 4.78 is 5.88. The van der Waals surface area contributed by atoms with Crippen molar-refractivity contribution in [3.8, 4) is 17.2 Å². The van der Waals surface area contributed by atoms with Gasteiger partial charge in [0, 0.05) is 0 Å². The molecule has 0 bridgehead atoms. The van der Waals surface area contributed by atoms with E-state index in [9.17, 15) is 15.0 Å². The second-order valence-electron chi connectivity index (χ2n) is 7.96. The lowest BCUT2D eigenvalue weighted by Gasteiger charge is -2.08. The summed E-state index contributed by atoms with van der Waals surface area (Å²) in [6.07, 6.45) is 7.68. The average molecular weight is 439 g/mol. The number of aromatic hydroxyl groups is 2. The zero-order valence-electron chi connectivity index (χ0n) is 17.7. The number of phenols is 2. The maximum absolute atomic E-state index is 10.8. The van der Waals surface area contributed by atoms with Crippen LogP contribution in [0.5, 0.6) is 17.2 Å². The number of carboxylic acid groups (broad SMARTS) is 1. The molecule has 0 saturated carbocycles. The van der Waals surface area contributed by atoms with E-state index in [0.717, 1.165) is 59.8 Å². The molecule has 0 spiro atoms. The van der Waals surface area contributed by atoms with Crippen LogP contribution in [-0.4, -0.2) is 27.9 Å². The van der Waals surface area contributed by atoms with Gasteiger partial charge < -0.3 is 20.1 Å². The predicted octanol–water partition coefficient (Wildman–Crippen LogP) is 6.48. The first-order chi connectivity index (χ1) is 15.0. The molecule has 5 nitrogen and oxygen atoms in total. The van der Waals surface area contributed by atoms with Gasteiger partial charge in [0.2, 0.25) is 0 Å². The molecule has 0 aromatic heterocycles. The lowest BCUT2D eigenvalue weighted by atomic mass is 10.0. The van der Waals surface area contributed by atoms with Crippen LogP contribution >= 0.6 is 0 Å². The molecule has 0 aliphatic heterocycles. The van der Waals surface area contributed by atoms with Crippen LogP contribution in [-0.2, 0) is 17.6 Å². The number of aliphatic carboxylic acids is 1. The third-order valence-corrected chi connectivity index (χ3v) is 5.40. The van der Waals surface area contributed by atoms with E-state index in [1.54, 1.807) is 6.07 Å². The Labute approximate surface area is 190 Å². The molecule has 5 heteroatoms. The van der Waals surface area contributed by atoms with Crippen molar-refractivity contribution >= 4 is 16.7 Å². The Kier molecular flexibility index (Phi) is 9.86. The summed E-state index contributed by atoms with van der Waals surface area (Å²) in [5.74, 6) is -0.0982. The summed E-state index contributed by atoms with van der Waals surface area (Å²) in [5, 5.41) is 29.8. The van der Waals surface area contributed by atoms with Crippen molar-refractivity contribution in [2.24, 2.45) is 0 Å². The first kappa shape index (κ1) is 25.1. The predicted molar refractivity (Wildman–Crippen MR) is 129 cm³/mol. The summed E-state index contributed by atoms with van der Waals surface area (Å²) in [4.78, 5) is 10.8. The van der Waals surface area contributed by atoms with Gasteiger partial charge in [0.15, 0.2) is 11.5 Å². The number of ether oxygens (including phenoxy) is 1. The molecule has 0 aliphatic carbocycles. The van der Waals surface area contributed by atoms with Crippen molar-refractivity contribution in [2.45, 2.75) is 58.8 Å². The monoisotopic (exact) mass is 438 g/mol. The van der Waals surface area contributed by atoms with Gasteiger partial charge in [-0.15, -0.1) is 0 Å². The van der Waals surface area contributed by atoms with Crippen molar-refractivity contribution in [3.05, 3.63) is 65.7 Å². The summed E-state index contributed by atoms with van der Waals surface area (Å²) in [6, 6.07) is 16.7. The standard InChI is InChI=1S/C26H30O5.CH4/c27-24-13-9-19(16-25(24)28)7-5-3-1-2-4-6-14-31-23-12-11-21-15-20(17-26(29)30)8-10-22(21)18-23;/h8-13,15-16,18,27-28H,1-7,14,17H2,(H,29,30);1H4. The minimum Gasteiger partial charge on any atom is -0.504 e. The highest BCUT2D eigenvalue weighted by Crippen LogP contribution is 2.26. The number of unbranched alkanes of at least 4 members (excludes halogenated alkanes) is 5. The second kappa shape index (κ2) is 12.6. The number of aryl methyl sites for hydroxylation is 1. The van der Waals surface area contributed by atoms with E-state index in [1.807, 2.05) is 42.5 Å². The normalized spacial score (nSPS) is 10.6. The zero-order chi connectivity index (χ0) is 22.1. The highest BCUT2D eigenvalue weighted by molar-refractivity contribution is 5.85. The van der Waals surface area contributed by atoms with Crippen LogP contribution in [0.3, 0.4) is 0 Å². The van der Waals surface area contributed by atoms with Crippen LogP contribution in [0, 0.1) is 0 Å². The number of hydrogen-bond acceptors (Lipinski definition) is 4. The molecule has 0 saturated heterocycles. The van der Waals surface area contributed by atoms with Gasteiger partial charge in [-0.2, -0.15) is 0 Å². The molecular formula is C27H34O5. The summed E-state index contributed by atoms with van der Waals surface area (Å²) in [5.41, 5.74) is 1.85. The van der Waals surface area contributed by atoms with E-state index < -0.39 is 5.97 Å². The van der Waals surface area contributed by atoms with Gasteiger partial charge in [0.25, 0.3) is 0 Å². The van der Waals surface area contributed by atoms with Gasteiger partial charge in [-0.1, -0.05) is 63.4 Å². The molecule has 0 radical (unpaired) electrons. The molecule has 0 aliphatic rings. The lowest BCUT2D eigenvalue weighted by Crippen LogP contribution is -2.00. The smallest absolute Gasteiger partial charge is 0.307 e. The van der Waals surface area contributed by atoms with E-state index in [1.165, 1.54) is 18.9 Å². The molecule has 0 unspecified atom stereocenters. The average Bonchev–Trinajstić information content (AvgIpc) is 2.74. The van der Waals surface area contributed by atoms with Crippen molar-refractivity contribution in [2.75, 3.05) is 6.61 Å². The first-order valence-electron chi connectivity index (χ1n) is 10.9. The number of carbonyl (C=O) groups is 1. The fourth-order valence-corrected chi connectivity index (χ4v) is 3.70. The SMILES string of the molecule is C.O=C(O)Cc1ccc2cc(OCCCCCCCCc3ccc(O)c(O)c3)ccc2c1. The molecule has 32 heavy (non-hydrogen) atoms. The van der Waals surface area contributed by atoms with E-state index in [-0.39, 0.29) is 25.3 Å². The Bertz CT molecular complexity index is 1010. The Balaban J connectivity index is 0.00000363. The molecule has 3 aromatic rings. The maximum atomic E-state index is 10.8. The third-order valence-electron chi connectivity index (χ3n) is 5.40. The fraction of sp³-hybridized carbons (Fsp3) is 0.370. The van der Waals surface area contributed by atoms with Gasteiger partial charge in [-0.05, 0) is 65.4 Å². The van der Waals surface area contributed by atoms with Crippen LogP contribution in [0.15, 0.2) is 54.6 Å². The lowest BCUT2D eigenvalue weighted by molar-refractivity contribution is -0.136. The number of hydrogen-bond donors (Lipinski definition) is 3. The summed E-state index contributed by atoms with van der Waals surface area (Å²) in [7, 11) is 0. The van der Waals surface area contributed by atoms with Crippen LogP contribution in [0.2, 0.25) is 0 Å². The largest absolute Gasteiger partial charge is 0.504 e. The van der Waals surface area contributed by atoms with Gasteiger partial charge >= 0.3 is 5.97 Å². The van der Waals surface area contributed by atoms with Crippen molar-refractivity contribution in [3.63, 3.8) is 0 Å². The molecule has 3 aromatic carbocycles. The Morgan fingerprint density at radius 3 is 2.12 bits per heavy atom. The quantitative estimate of drug-likeness (QED) is 0.223. The topological polar surface area (TPSA) is 87.0 Å². The fourth-order valence-electron chi connectivity index (χ4n) is 3.70. The minimum absolute atomic E-state index is 0. The Hall–Kier alpha value is -3.21. The Morgan fingerprint density at radius 1 is 0.719 bits per heavy atom. The molecule has 3 N–H and O–H groups in total. The number of benzene rings is 3. The van der Waals surface area contributed by atoms with E-state index in [2.05, 4.69) is 0 Å². The van der Waals surface area contributed by atoms with Gasteiger partial charge in [0.05, 0.1) is 13.0 Å². The number of rotatable bonds is 12. The van der Waals surface area contributed by atoms with E-state index in [4.69, 9.17) is 9.84 Å². The number of carboxylic acids is 1. The molecule has 0 heterocycles. The zero-order valence-corrected chi connectivity index (χ0v) is 17.7. The molecule has 0 fully saturated rings. The summed E-state index contributed by atoms with van der Waals surface area (Å²) in [6.45, 7) is 0.690. The van der Waals surface area contributed by atoms with Crippen LogP contribution in [0.25, 0.3) is 10.8 Å². The van der Waals surface area contributed by atoms with Gasteiger partial charge in [-0.25, -0.2) is 0 Å². The maximum Gasteiger partial charge on any atom is 0.307 e. The molecular weight excluding hydrogens is 404 g/mol. The third kappa shape index (κ3) is 7.80. The highest BCUT2D eigenvalue weighted by atomic mass is 16.5. The minimum atomic E-state index is -0.822. The molecule has 0 atom stereocenters. The molecule has 172 valence electrons. The van der Waals surface area contributed by atoms with Gasteiger partial charge in [0.1, 0.15) is 5.75 Å². The molecule has 0 amide bonds. The number of fused-ring (bicyclic) bond motifs is 1. The second-order valence-corrected chi connectivity index (χ2v) is 7.96. The first-order valence-corrected chi connectivity index (χ1v) is 10.9. The van der Waals surface area contributed by atoms with Crippen molar-refractivity contribution < 1.29 is 24.9 Å². The van der Waals surface area contributed by atoms with E-state index >= 15 is 0 Å². The van der Waals surface area contributed by atoms with Crippen molar-refractivity contribution in [1.82, 2.24) is 0 Å². The Morgan fingerprint density at radius 2 is 1.38 bits per heavy atom. The van der Waals surface area contributed by atoms with Crippen LogP contribution in [0.4, 0.5) is 0 Å².